The van der Waals surface area contributed by atoms with Crippen molar-refractivity contribution in [1.82, 2.24) is 25.0 Å². The van der Waals surface area contributed by atoms with Crippen LogP contribution in [0.15, 0.2) is 24.3 Å². The van der Waals surface area contributed by atoms with Gasteiger partial charge in [0.15, 0.2) is 0 Å². The Kier molecular flexibility index (Phi) is 4.34. The van der Waals surface area contributed by atoms with Gasteiger partial charge in [0.25, 0.3) is 0 Å². The summed E-state index contributed by atoms with van der Waals surface area (Å²) in [5, 5.41) is 12.2. The summed E-state index contributed by atoms with van der Waals surface area (Å²) in [4.78, 5) is 15.5. The molecule has 0 unspecified atom stereocenters. The maximum atomic E-state index is 13.4. The van der Waals surface area contributed by atoms with Crippen molar-refractivity contribution in [3.05, 3.63) is 41.5 Å². The molecule has 1 aromatic carbocycles. The molecule has 1 amide bonds. The molecule has 148 valence electrons. The fraction of sp³-hybridized carbons (Fsp3) is 0.571. The first-order chi connectivity index (χ1) is 13.7. The Morgan fingerprint density at radius 2 is 1.96 bits per heavy atom. The highest BCUT2D eigenvalue weighted by Gasteiger charge is 2.54. The van der Waals surface area contributed by atoms with Gasteiger partial charge in [0.2, 0.25) is 5.91 Å². The molecule has 1 saturated heterocycles. The lowest BCUT2D eigenvalue weighted by Gasteiger charge is -2.34. The Hall–Kier alpha value is -2.41. The Morgan fingerprint density at radius 1 is 1.18 bits per heavy atom. The van der Waals surface area contributed by atoms with E-state index in [1.165, 1.54) is 0 Å². The molecule has 1 N–H and O–H groups in total. The highest BCUT2D eigenvalue weighted by Crippen LogP contribution is 2.52. The first kappa shape index (κ1) is 17.7. The number of hydrogen-bond acceptors (Lipinski definition) is 5. The molecule has 3 aliphatic rings. The quantitative estimate of drug-likeness (QED) is 0.875. The Labute approximate surface area is 165 Å². The van der Waals surface area contributed by atoms with Gasteiger partial charge in [-0.2, -0.15) is 0 Å². The number of benzene rings is 1. The Morgan fingerprint density at radius 3 is 2.71 bits per heavy atom. The van der Waals surface area contributed by atoms with Crippen molar-refractivity contribution >= 4 is 5.91 Å². The van der Waals surface area contributed by atoms with Crippen LogP contribution in [0.25, 0.3) is 0 Å². The average Bonchev–Trinajstić information content (AvgIpc) is 3.46. The first-order valence-electron chi connectivity index (χ1n) is 10.3. The van der Waals surface area contributed by atoms with Gasteiger partial charge in [-0.15, -0.1) is 10.2 Å². The van der Waals surface area contributed by atoms with Crippen LogP contribution in [0.4, 0.5) is 0 Å². The van der Waals surface area contributed by atoms with Gasteiger partial charge in [-0.1, -0.05) is 18.2 Å². The second-order valence-electron chi connectivity index (χ2n) is 8.15. The number of nitrogens with one attached hydrogen (secondary N) is 1. The zero-order chi connectivity index (χ0) is 19.1. The summed E-state index contributed by atoms with van der Waals surface area (Å²) in [6, 6.07) is 7.97. The lowest BCUT2D eigenvalue weighted by molar-refractivity contribution is -0.135. The number of likely N-dealkylation sites (tertiary alicyclic amines) is 1. The zero-order valence-corrected chi connectivity index (χ0v) is 16.4. The van der Waals surface area contributed by atoms with E-state index in [2.05, 4.69) is 25.0 Å². The topological polar surface area (TPSA) is 72.3 Å². The molecule has 2 fully saturated rings. The molecule has 0 radical (unpaired) electrons. The number of para-hydroxylation sites is 1. The van der Waals surface area contributed by atoms with E-state index in [-0.39, 0.29) is 11.3 Å². The molecule has 3 heterocycles. The van der Waals surface area contributed by atoms with Crippen LogP contribution in [0.5, 0.6) is 5.75 Å². The third kappa shape index (κ3) is 2.80. The minimum Gasteiger partial charge on any atom is -0.496 e. The van der Waals surface area contributed by atoms with E-state index in [0.29, 0.717) is 5.92 Å². The van der Waals surface area contributed by atoms with Crippen LogP contribution in [-0.2, 0) is 23.3 Å². The van der Waals surface area contributed by atoms with Crippen molar-refractivity contribution in [1.29, 1.82) is 0 Å². The number of methoxy groups -OCH3 is 1. The monoisotopic (exact) mass is 381 g/mol. The van der Waals surface area contributed by atoms with E-state index < -0.39 is 0 Å². The Bertz CT molecular complexity index is 881. The van der Waals surface area contributed by atoms with Gasteiger partial charge in [-0.25, -0.2) is 0 Å². The van der Waals surface area contributed by atoms with Crippen molar-refractivity contribution in [2.45, 2.75) is 50.1 Å². The van der Waals surface area contributed by atoms with Crippen molar-refractivity contribution in [3.8, 4) is 5.75 Å². The molecule has 0 atom stereocenters. The summed E-state index contributed by atoms with van der Waals surface area (Å²) in [5.41, 5.74) is 0.669. The normalized spacial score (nSPS) is 21.2. The minimum atomic E-state index is -0.376. The largest absolute Gasteiger partial charge is 0.496 e. The van der Waals surface area contributed by atoms with Crippen LogP contribution in [0.3, 0.4) is 0 Å². The number of nitrogens with zero attached hydrogens (tertiary/aromatic N) is 4. The maximum absolute atomic E-state index is 13.4. The molecular formula is C21H27N5O2. The van der Waals surface area contributed by atoms with E-state index in [1.807, 2.05) is 24.3 Å². The fourth-order valence-electron chi connectivity index (χ4n) is 4.82. The van der Waals surface area contributed by atoms with Crippen LogP contribution in [0.1, 0.15) is 48.8 Å². The third-order valence-corrected chi connectivity index (χ3v) is 6.58. The molecule has 1 aliphatic carbocycles. The average molecular weight is 381 g/mol. The molecular weight excluding hydrogens is 354 g/mol. The van der Waals surface area contributed by atoms with Gasteiger partial charge in [-0.05, 0) is 31.7 Å². The van der Waals surface area contributed by atoms with Crippen LogP contribution in [0, 0.1) is 0 Å². The van der Waals surface area contributed by atoms with Crippen LogP contribution >= 0.6 is 0 Å². The van der Waals surface area contributed by atoms with E-state index in [0.717, 1.165) is 81.4 Å². The van der Waals surface area contributed by atoms with Crippen LogP contribution < -0.4 is 10.1 Å². The molecule has 1 aromatic heterocycles. The van der Waals surface area contributed by atoms with Gasteiger partial charge in [-0.3, -0.25) is 4.79 Å². The van der Waals surface area contributed by atoms with Gasteiger partial charge >= 0.3 is 0 Å². The molecule has 0 bridgehead atoms. The SMILES string of the molecule is COc1ccccc1C1(C(=O)N2CCC(c3nnc4n3CCNC4)CC2)CC1. The summed E-state index contributed by atoms with van der Waals surface area (Å²) in [7, 11) is 1.68. The van der Waals surface area contributed by atoms with Gasteiger partial charge in [0.1, 0.15) is 17.4 Å². The number of carbonyl (C=O) groups is 1. The predicted octanol–water partition coefficient (Wildman–Crippen LogP) is 1.83. The predicted molar refractivity (Wildman–Crippen MR) is 104 cm³/mol. The van der Waals surface area contributed by atoms with Gasteiger partial charge < -0.3 is 19.5 Å². The molecule has 5 rings (SSSR count). The van der Waals surface area contributed by atoms with Crippen molar-refractivity contribution in [3.63, 3.8) is 0 Å². The van der Waals surface area contributed by atoms with E-state index in [9.17, 15) is 4.79 Å². The van der Waals surface area contributed by atoms with Crippen molar-refractivity contribution < 1.29 is 9.53 Å². The summed E-state index contributed by atoms with van der Waals surface area (Å²) >= 11 is 0. The minimum absolute atomic E-state index is 0.267. The molecule has 7 heteroatoms. The summed E-state index contributed by atoms with van der Waals surface area (Å²) < 4.78 is 7.81. The highest BCUT2D eigenvalue weighted by molar-refractivity contribution is 5.92. The van der Waals surface area contributed by atoms with E-state index in [4.69, 9.17) is 4.74 Å². The number of hydrogen-bond donors (Lipinski definition) is 1. The number of ether oxygens (including phenoxy) is 1. The Balaban J connectivity index is 1.29. The molecule has 1 saturated carbocycles. The highest BCUT2D eigenvalue weighted by atomic mass is 16.5. The number of amides is 1. The number of rotatable bonds is 4. The number of carbonyl (C=O) groups excluding carboxylic acids is 1. The maximum Gasteiger partial charge on any atom is 0.233 e. The second kappa shape index (κ2) is 6.88. The van der Waals surface area contributed by atoms with Crippen LogP contribution in [-0.4, -0.2) is 52.3 Å². The fourth-order valence-corrected chi connectivity index (χ4v) is 4.82. The van der Waals surface area contributed by atoms with Crippen molar-refractivity contribution in [2.24, 2.45) is 0 Å². The molecule has 2 aliphatic heterocycles. The third-order valence-electron chi connectivity index (χ3n) is 6.58. The van der Waals surface area contributed by atoms with E-state index >= 15 is 0 Å². The summed E-state index contributed by atoms with van der Waals surface area (Å²) in [5.74, 6) is 3.63. The zero-order valence-electron chi connectivity index (χ0n) is 16.4. The molecule has 28 heavy (non-hydrogen) atoms. The number of aromatic nitrogens is 3. The van der Waals surface area contributed by atoms with E-state index in [1.54, 1.807) is 7.11 Å². The summed E-state index contributed by atoms with van der Waals surface area (Å²) in [6.45, 7) is 4.29. The smallest absolute Gasteiger partial charge is 0.233 e. The standard InChI is InChI=1S/C21H27N5O2/c1-28-17-5-3-2-4-16(17)21(8-9-21)20(27)25-11-6-15(7-12-25)19-24-23-18-14-22-10-13-26(18)19/h2-5,15,22H,6-14H2,1H3. The first-order valence-corrected chi connectivity index (χ1v) is 10.3. The van der Waals surface area contributed by atoms with Gasteiger partial charge in [0.05, 0.1) is 19.1 Å². The lowest BCUT2D eigenvalue weighted by atomic mass is 9.90. The number of fused-ring (bicyclic) bond motifs is 1. The second-order valence-corrected chi connectivity index (χ2v) is 8.15. The number of piperidine rings is 1. The molecule has 0 spiro atoms. The summed E-state index contributed by atoms with van der Waals surface area (Å²) in [6.07, 6.45) is 3.74. The van der Waals surface area contributed by atoms with Gasteiger partial charge in [0, 0.05) is 37.7 Å². The lowest BCUT2D eigenvalue weighted by Crippen LogP contribution is -2.44. The van der Waals surface area contributed by atoms with Crippen molar-refractivity contribution in [2.75, 3.05) is 26.7 Å². The molecule has 7 nitrogen and oxygen atoms in total. The van der Waals surface area contributed by atoms with Crippen LogP contribution in [0.2, 0.25) is 0 Å². The molecule has 2 aromatic rings.